The Hall–Kier alpha value is -1.49. The second-order valence-electron chi connectivity index (χ2n) is 2.53. The van der Waals surface area contributed by atoms with Gasteiger partial charge in [0.15, 0.2) is 0 Å². The first-order valence-corrected chi connectivity index (χ1v) is 4.63. The predicted octanol–water partition coefficient (Wildman–Crippen LogP) is 1.74. The lowest BCUT2D eigenvalue weighted by molar-refractivity contribution is 1.38. The van der Waals surface area contributed by atoms with Gasteiger partial charge < -0.3 is 5.73 Å². The van der Waals surface area contributed by atoms with E-state index < -0.39 is 0 Å². The van der Waals surface area contributed by atoms with E-state index in [4.69, 9.17) is 16.6 Å². The van der Waals surface area contributed by atoms with Gasteiger partial charge in [0.25, 0.3) is 0 Å². The Morgan fingerprint density at radius 1 is 1.21 bits per heavy atom. The maximum atomic E-state index is 7.42. The van der Waals surface area contributed by atoms with Gasteiger partial charge in [-0.1, -0.05) is 30.3 Å². The number of hydrogen-bond acceptors (Lipinski definition) is 2. The molecule has 14 heavy (non-hydrogen) atoms. The van der Waals surface area contributed by atoms with Gasteiger partial charge in [0.1, 0.15) is 10.3 Å². The van der Waals surface area contributed by atoms with Crippen LogP contribution in [-0.2, 0) is 0 Å². The fourth-order valence-electron chi connectivity index (χ4n) is 0.957. The number of halogens is 1. The number of rotatable bonds is 2. The van der Waals surface area contributed by atoms with E-state index in [1.54, 1.807) is 12.1 Å². The van der Waals surface area contributed by atoms with Crippen LogP contribution in [0.1, 0.15) is 5.56 Å². The number of nitrogens with zero attached hydrogens (tertiary/aromatic N) is 1. The van der Waals surface area contributed by atoms with Crippen LogP contribution in [0.25, 0.3) is 0 Å². The quantitative estimate of drug-likeness (QED) is 0.544. The zero-order chi connectivity index (χ0) is 10.6. The zero-order valence-electron chi connectivity index (χ0n) is 7.29. The van der Waals surface area contributed by atoms with Crippen LogP contribution in [-0.4, -0.2) is 16.3 Å². The summed E-state index contributed by atoms with van der Waals surface area (Å²) in [6.45, 7) is 0. The van der Waals surface area contributed by atoms with Crippen LogP contribution in [0.5, 0.6) is 0 Å². The molecule has 0 bridgehead atoms. The summed E-state index contributed by atoms with van der Waals surface area (Å²) in [6.07, 6.45) is 0. The SMILES string of the molecule is N=C(N)N=C(C(=N)Br)c1ccccc1. The summed E-state index contributed by atoms with van der Waals surface area (Å²) in [5, 5.41) is 14.5. The zero-order valence-corrected chi connectivity index (χ0v) is 8.88. The van der Waals surface area contributed by atoms with Crippen molar-refractivity contribution in [3.8, 4) is 0 Å². The van der Waals surface area contributed by atoms with E-state index in [0.717, 1.165) is 5.56 Å². The lowest BCUT2D eigenvalue weighted by atomic mass is 10.1. The fourth-order valence-corrected chi connectivity index (χ4v) is 1.27. The summed E-state index contributed by atoms with van der Waals surface area (Å²) in [4.78, 5) is 3.75. The van der Waals surface area contributed by atoms with Gasteiger partial charge in [-0.25, -0.2) is 4.99 Å². The Morgan fingerprint density at radius 2 is 1.79 bits per heavy atom. The summed E-state index contributed by atoms with van der Waals surface area (Å²) in [5.41, 5.74) is 6.26. The first-order chi connectivity index (χ1) is 6.61. The third-order valence-electron chi connectivity index (χ3n) is 1.49. The number of hydrogen-bond donors (Lipinski definition) is 3. The van der Waals surface area contributed by atoms with Crippen molar-refractivity contribution in [2.75, 3.05) is 0 Å². The molecule has 0 aliphatic carbocycles. The standard InChI is InChI=1S/C9H9BrN4/c10-8(11)7(14-9(12)13)6-4-2-1-3-5-6/h1-5,11H,(H3,12,13). The molecule has 0 fully saturated rings. The van der Waals surface area contributed by atoms with Crippen LogP contribution in [0.3, 0.4) is 0 Å². The lowest BCUT2D eigenvalue weighted by Crippen LogP contribution is -2.15. The van der Waals surface area contributed by atoms with E-state index in [1.165, 1.54) is 0 Å². The van der Waals surface area contributed by atoms with Crippen molar-refractivity contribution in [3.63, 3.8) is 0 Å². The first kappa shape index (κ1) is 10.6. The van der Waals surface area contributed by atoms with E-state index in [0.29, 0.717) is 5.71 Å². The highest BCUT2D eigenvalue weighted by molar-refractivity contribution is 9.19. The first-order valence-electron chi connectivity index (χ1n) is 3.84. The van der Waals surface area contributed by atoms with Gasteiger partial charge in [0.2, 0.25) is 5.96 Å². The number of aliphatic imine (C=N–C) groups is 1. The van der Waals surface area contributed by atoms with Crippen molar-refractivity contribution < 1.29 is 0 Å². The van der Waals surface area contributed by atoms with E-state index in [1.807, 2.05) is 18.2 Å². The van der Waals surface area contributed by atoms with Crippen molar-refractivity contribution in [1.82, 2.24) is 0 Å². The number of nitrogens with one attached hydrogen (secondary N) is 2. The van der Waals surface area contributed by atoms with Crippen LogP contribution >= 0.6 is 15.9 Å². The maximum absolute atomic E-state index is 7.42. The summed E-state index contributed by atoms with van der Waals surface area (Å²) in [5.74, 6) is -0.312. The van der Waals surface area contributed by atoms with Crippen molar-refractivity contribution in [2.45, 2.75) is 0 Å². The third-order valence-corrected chi connectivity index (χ3v) is 1.86. The Labute approximate surface area is 90.0 Å². The van der Waals surface area contributed by atoms with Gasteiger partial charge in [0.05, 0.1) is 0 Å². The highest BCUT2D eigenvalue weighted by Crippen LogP contribution is 2.05. The van der Waals surface area contributed by atoms with E-state index in [2.05, 4.69) is 20.9 Å². The van der Waals surface area contributed by atoms with Crippen molar-refractivity contribution >= 4 is 32.2 Å². The molecule has 0 aliphatic rings. The molecule has 1 aromatic rings. The molecular formula is C9H9BrN4. The molecule has 4 nitrogen and oxygen atoms in total. The van der Waals surface area contributed by atoms with Crippen molar-refractivity contribution in [1.29, 1.82) is 10.8 Å². The summed E-state index contributed by atoms with van der Waals surface area (Å²) in [6, 6.07) is 9.14. The molecule has 0 aromatic heterocycles. The van der Waals surface area contributed by atoms with Crippen LogP contribution < -0.4 is 5.73 Å². The molecule has 1 rings (SSSR count). The highest BCUT2D eigenvalue weighted by atomic mass is 79.9. The molecule has 5 heteroatoms. The van der Waals surface area contributed by atoms with E-state index >= 15 is 0 Å². The lowest BCUT2D eigenvalue weighted by Gasteiger charge is -2.02. The summed E-state index contributed by atoms with van der Waals surface area (Å²) < 4.78 is 0.110. The minimum atomic E-state index is -0.312. The minimum absolute atomic E-state index is 0.110. The molecule has 72 valence electrons. The van der Waals surface area contributed by atoms with Gasteiger partial charge in [0, 0.05) is 5.56 Å². The second-order valence-corrected chi connectivity index (χ2v) is 3.32. The monoisotopic (exact) mass is 252 g/mol. The van der Waals surface area contributed by atoms with E-state index in [9.17, 15) is 0 Å². The number of nitrogens with two attached hydrogens (primary N) is 1. The Morgan fingerprint density at radius 3 is 2.21 bits per heavy atom. The molecule has 1 aromatic carbocycles. The topological polar surface area (TPSA) is 86.1 Å². The van der Waals surface area contributed by atoms with Gasteiger partial charge >= 0.3 is 0 Å². The Balaban J connectivity index is 3.14. The molecule has 4 N–H and O–H groups in total. The molecule has 0 atom stereocenters. The van der Waals surface area contributed by atoms with E-state index in [-0.39, 0.29) is 10.6 Å². The average Bonchev–Trinajstić information content (AvgIpc) is 2.15. The van der Waals surface area contributed by atoms with Crippen LogP contribution in [0.15, 0.2) is 35.3 Å². The predicted molar refractivity (Wildman–Crippen MR) is 61.5 cm³/mol. The Kier molecular flexibility index (Phi) is 3.53. The normalized spacial score (nSPS) is 11.1. The maximum Gasteiger partial charge on any atom is 0.213 e. The Bertz CT molecular complexity index is 383. The fraction of sp³-hybridized carbons (Fsp3) is 0. The van der Waals surface area contributed by atoms with Crippen molar-refractivity contribution in [3.05, 3.63) is 35.9 Å². The largest absolute Gasteiger partial charge is 0.368 e. The number of benzene rings is 1. The van der Waals surface area contributed by atoms with Gasteiger partial charge in [-0.15, -0.1) is 0 Å². The molecule has 0 radical (unpaired) electrons. The second kappa shape index (κ2) is 4.66. The average molecular weight is 253 g/mol. The van der Waals surface area contributed by atoms with Gasteiger partial charge in [-0.3, -0.25) is 10.8 Å². The molecule has 0 saturated heterocycles. The van der Waals surface area contributed by atoms with Crippen LogP contribution in [0.4, 0.5) is 0 Å². The summed E-state index contributed by atoms with van der Waals surface area (Å²) >= 11 is 3.01. The van der Waals surface area contributed by atoms with Gasteiger partial charge in [-0.2, -0.15) is 0 Å². The van der Waals surface area contributed by atoms with Crippen LogP contribution in [0.2, 0.25) is 0 Å². The van der Waals surface area contributed by atoms with Gasteiger partial charge in [-0.05, 0) is 15.9 Å². The summed E-state index contributed by atoms with van der Waals surface area (Å²) in [7, 11) is 0. The smallest absolute Gasteiger partial charge is 0.213 e. The third kappa shape index (κ3) is 2.77. The molecule has 0 saturated carbocycles. The number of guanidine groups is 1. The molecule has 0 unspecified atom stereocenters. The molecule has 0 amide bonds. The highest BCUT2D eigenvalue weighted by Gasteiger charge is 2.06. The molecule has 0 heterocycles. The van der Waals surface area contributed by atoms with Crippen LogP contribution in [0, 0.1) is 10.8 Å². The van der Waals surface area contributed by atoms with Crippen molar-refractivity contribution in [2.24, 2.45) is 10.7 Å². The molecule has 0 aliphatic heterocycles. The minimum Gasteiger partial charge on any atom is -0.368 e. The molecule has 0 spiro atoms. The molecular weight excluding hydrogens is 244 g/mol.